The second-order valence-electron chi connectivity index (χ2n) is 5.62. The lowest BCUT2D eigenvalue weighted by atomic mass is 10.0. The molecule has 0 saturated heterocycles. The number of amides is 1. The third-order valence-corrected chi connectivity index (χ3v) is 3.95. The predicted octanol–water partition coefficient (Wildman–Crippen LogP) is 3.60. The normalized spacial score (nSPS) is 13.3. The summed E-state index contributed by atoms with van der Waals surface area (Å²) in [5.41, 5.74) is 0.617. The molecule has 4 heteroatoms. The Hall–Kier alpha value is -1.84. The van der Waals surface area contributed by atoms with Gasteiger partial charge in [0.05, 0.1) is 6.61 Å². The Labute approximate surface area is 133 Å². The lowest BCUT2D eigenvalue weighted by molar-refractivity contribution is -0.122. The van der Waals surface area contributed by atoms with E-state index < -0.39 is 0 Å². The highest BCUT2D eigenvalue weighted by Gasteiger charge is 2.14. The van der Waals surface area contributed by atoms with Gasteiger partial charge in [-0.15, -0.1) is 0 Å². The molecule has 0 unspecified atom stereocenters. The largest absolute Gasteiger partial charge is 0.494 e. The van der Waals surface area contributed by atoms with E-state index in [1.54, 1.807) is 24.3 Å². The van der Waals surface area contributed by atoms with Gasteiger partial charge in [0.15, 0.2) is 5.78 Å². The molecule has 0 fully saturated rings. The Morgan fingerprint density at radius 1 is 1.09 bits per heavy atom. The number of hydrogen-bond acceptors (Lipinski definition) is 3. The zero-order chi connectivity index (χ0) is 16.5. The highest BCUT2D eigenvalue weighted by Crippen LogP contribution is 2.14. The van der Waals surface area contributed by atoms with E-state index >= 15 is 0 Å². The highest BCUT2D eigenvalue weighted by atomic mass is 16.5. The first kappa shape index (κ1) is 18.2. The molecule has 0 aliphatic rings. The number of nitrogens with one attached hydrogen (secondary N) is 1. The van der Waals surface area contributed by atoms with Crippen LogP contribution in [0.15, 0.2) is 24.3 Å². The minimum absolute atomic E-state index is 0.0191. The van der Waals surface area contributed by atoms with E-state index in [0.717, 1.165) is 12.2 Å². The van der Waals surface area contributed by atoms with Gasteiger partial charge in [0.1, 0.15) is 5.75 Å². The molecule has 22 heavy (non-hydrogen) atoms. The van der Waals surface area contributed by atoms with Crippen LogP contribution in [0.4, 0.5) is 0 Å². The van der Waals surface area contributed by atoms with Gasteiger partial charge in [0.25, 0.3) is 0 Å². The van der Waals surface area contributed by atoms with Gasteiger partial charge in [-0.3, -0.25) is 9.59 Å². The van der Waals surface area contributed by atoms with Gasteiger partial charge in [0.2, 0.25) is 5.91 Å². The zero-order valence-corrected chi connectivity index (χ0v) is 14.0. The van der Waals surface area contributed by atoms with Crippen molar-refractivity contribution in [2.75, 3.05) is 6.61 Å². The summed E-state index contributed by atoms with van der Waals surface area (Å²) in [6.07, 6.45) is 1.48. The molecular weight excluding hydrogens is 278 g/mol. The van der Waals surface area contributed by atoms with Crippen LogP contribution >= 0.6 is 0 Å². The SMILES string of the molecule is CCOc1ccc(C(=O)CCC(=O)N[C@@H](C)[C@H](C)CC)cc1. The van der Waals surface area contributed by atoms with E-state index in [9.17, 15) is 9.59 Å². The molecule has 0 aliphatic heterocycles. The average molecular weight is 305 g/mol. The summed E-state index contributed by atoms with van der Waals surface area (Å²) in [5, 5.41) is 2.95. The van der Waals surface area contributed by atoms with Crippen LogP contribution in [-0.4, -0.2) is 24.3 Å². The van der Waals surface area contributed by atoms with Crippen molar-refractivity contribution in [2.45, 2.75) is 53.0 Å². The Balaban J connectivity index is 2.43. The van der Waals surface area contributed by atoms with Crippen molar-refractivity contribution in [1.29, 1.82) is 0 Å². The van der Waals surface area contributed by atoms with Crippen LogP contribution in [-0.2, 0) is 4.79 Å². The number of hydrogen-bond donors (Lipinski definition) is 1. The molecule has 4 nitrogen and oxygen atoms in total. The first-order valence-corrected chi connectivity index (χ1v) is 8.03. The fourth-order valence-electron chi connectivity index (χ4n) is 2.10. The second-order valence-corrected chi connectivity index (χ2v) is 5.62. The Bertz CT molecular complexity index is 482. The third kappa shape index (κ3) is 5.88. The van der Waals surface area contributed by atoms with Crippen LogP contribution in [0.2, 0.25) is 0 Å². The molecule has 1 N–H and O–H groups in total. The average Bonchev–Trinajstić information content (AvgIpc) is 2.52. The van der Waals surface area contributed by atoms with Crippen molar-refractivity contribution in [3.05, 3.63) is 29.8 Å². The van der Waals surface area contributed by atoms with E-state index in [4.69, 9.17) is 4.74 Å². The molecule has 0 aromatic heterocycles. The number of ether oxygens (including phenoxy) is 1. The molecule has 1 aromatic rings. The highest BCUT2D eigenvalue weighted by molar-refractivity contribution is 5.98. The maximum atomic E-state index is 12.1. The van der Waals surface area contributed by atoms with Crippen LogP contribution in [0.1, 0.15) is 57.3 Å². The van der Waals surface area contributed by atoms with E-state index in [1.165, 1.54) is 0 Å². The fourth-order valence-corrected chi connectivity index (χ4v) is 2.10. The number of benzene rings is 1. The molecule has 0 bridgehead atoms. The summed E-state index contributed by atoms with van der Waals surface area (Å²) in [5.74, 6) is 1.10. The molecule has 0 radical (unpaired) electrons. The monoisotopic (exact) mass is 305 g/mol. The minimum atomic E-state index is -0.0629. The van der Waals surface area contributed by atoms with E-state index in [2.05, 4.69) is 19.2 Å². The van der Waals surface area contributed by atoms with E-state index in [-0.39, 0.29) is 30.6 Å². The smallest absolute Gasteiger partial charge is 0.220 e. The summed E-state index contributed by atoms with van der Waals surface area (Å²) in [6.45, 7) is 8.72. The molecule has 122 valence electrons. The molecule has 0 aliphatic carbocycles. The van der Waals surface area contributed by atoms with Gasteiger partial charge in [-0.05, 0) is 44.0 Å². The van der Waals surface area contributed by atoms with Crippen molar-refractivity contribution < 1.29 is 14.3 Å². The molecule has 0 saturated carbocycles. The number of ketones is 1. The number of carbonyl (C=O) groups is 2. The molecular formula is C18H27NO3. The van der Waals surface area contributed by atoms with Crippen molar-refractivity contribution in [3.8, 4) is 5.75 Å². The lowest BCUT2D eigenvalue weighted by Gasteiger charge is -2.19. The van der Waals surface area contributed by atoms with Crippen molar-refractivity contribution in [2.24, 2.45) is 5.92 Å². The molecule has 2 atom stereocenters. The molecule has 1 rings (SSSR count). The third-order valence-electron chi connectivity index (χ3n) is 3.95. The summed E-state index contributed by atoms with van der Waals surface area (Å²) < 4.78 is 5.34. The van der Waals surface area contributed by atoms with Gasteiger partial charge in [-0.1, -0.05) is 20.3 Å². The van der Waals surface area contributed by atoms with Crippen molar-refractivity contribution in [3.63, 3.8) is 0 Å². The fraction of sp³-hybridized carbons (Fsp3) is 0.556. The van der Waals surface area contributed by atoms with Gasteiger partial charge in [-0.2, -0.15) is 0 Å². The standard InChI is InChI=1S/C18H27NO3/c1-5-13(3)14(4)19-18(21)12-11-17(20)15-7-9-16(10-8-15)22-6-2/h7-10,13-14H,5-6,11-12H2,1-4H3,(H,19,21)/t13-,14+/m1/s1. The predicted molar refractivity (Wildman–Crippen MR) is 88.2 cm³/mol. The Morgan fingerprint density at radius 3 is 2.27 bits per heavy atom. The molecule has 1 amide bonds. The number of rotatable bonds is 9. The molecule has 0 heterocycles. The van der Waals surface area contributed by atoms with Gasteiger partial charge in [0, 0.05) is 24.4 Å². The lowest BCUT2D eigenvalue weighted by Crippen LogP contribution is -2.36. The van der Waals surface area contributed by atoms with Crippen LogP contribution in [0.3, 0.4) is 0 Å². The first-order valence-electron chi connectivity index (χ1n) is 8.03. The van der Waals surface area contributed by atoms with Gasteiger partial charge >= 0.3 is 0 Å². The quantitative estimate of drug-likeness (QED) is 0.709. The van der Waals surface area contributed by atoms with Crippen LogP contribution < -0.4 is 10.1 Å². The summed E-state index contributed by atoms with van der Waals surface area (Å²) in [4.78, 5) is 23.9. The van der Waals surface area contributed by atoms with Gasteiger partial charge < -0.3 is 10.1 Å². The number of Topliss-reactive ketones (excluding diaryl/α,β-unsaturated/α-hetero) is 1. The Kier molecular flexibility index (Phi) is 7.64. The number of carbonyl (C=O) groups excluding carboxylic acids is 2. The van der Waals surface area contributed by atoms with Crippen LogP contribution in [0.25, 0.3) is 0 Å². The Morgan fingerprint density at radius 2 is 1.73 bits per heavy atom. The van der Waals surface area contributed by atoms with Crippen LogP contribution in [0.5, 0.6) is 5.75 Å². The molecule has 0 spiro atoms. The minimum Gasteiger partial charge on any atom is -0.494 e. The van der Waals surface area contributed by atoms with Crippen molar-refractivity contribution >= 4 is 11.7 Å². The van der Waals surface area contributed by atoms with Gasteiger partial charge in [-0.25, -0.2) is 0 Å². The van der Waals surface area contributed by atoms with Crippen molar-refractivity contribution in [1.82, 2.24) is 5.32 Å². The second kappa shape index (κ2) is 9.23. The first-order chi connectivity index (χ1) is 10.5. The summed E-state index contributed by atoms with van der Waals surface area (Å²) in [6, 6.07) is 7.18. The van der Waals surface area contributed by atoms with E-state index in [1.807, 2.05) is 13.8 Å². The topological polar surface area (TPSA) is 55.4 Å². The maximum absolute atomic E-state index is 12.1. The van der Waals surface area contributed by atoms with E-state index in [0.29, 0.717) is 18.1 Å². The summed E-state index contributed by atoms with van der Waals surface area (Å²) >= 11 is 0. The maximum Gasteiger partial charge on any atom is 0.220 e. The van der Waals surface area contributed by atoms with Crippen LogP contribution in [0, 0.1) is 5.92 Å². The zero-order valence-electron chi connectivity index (χ0n) is 14.0. The molecule has 1 aromatic carbocycles. The summed E-state index contributed by atoms with van der Waals surface area (Å²) in [7, 11) is 0.